The molecule has 5 heteroatoms. The van der Waals surface area contributed by atoms with E-state index < -0.39 is 5.97 Å². The lowest BCUT2D eigenvalue weighted by atomic mass is 10.1. The number of anilines is 1. The molecule has 3 N–H and O–H groups in total. The quantitative estimate of drug-likeness (QED) is 0.755. The number of methoxy groups -OCH3 is 1. The number of nitrogen functional groups attached to an aromatic ring is 1. The van der Waals surface area contributed by atoms with Crippen LogP contribution in [0.2, 0.25) is 0 Å². The maximum Gasteiger partial charge on any atom is 0.339 e. The van der Waals surface area contributed by atoms with E-state index in [9.17, 15) is 4.79 Å². The molecule has 1 atom stereocenters. The van der Waals surface area contributed by atoms with E-state index in [0.717, 1.165) is 0 Å². The normalized spacial score (nSPS) is 12.4. The van der Waals surface area contributed by atoms with Crippen molar-refractivity contribution in [3.63, 3.8) is 0 Å². The SMILES string of the molecule is COC(C)c1nccc(N)c1C(=O)O. The molecule has 76 valence electrons. The zero-order valence-corrected chi connectivity index (χ0v) is 8.02. The van der Waals surface area contributed by atoms with Crippen molar-refractivity contribution in [1.82, 2.24) is 4.98 Å². The molecular formula is C9H12N2O3. The molecule has 0 bridgehead atoms. The molecule has 14 heavy (non-hydrogen) atoms. The average Bonchev–Trinajstić information content (AvgIpc) is 2.15. The lowest BCUT2D eigenvalue weighted by molar-refractivity contribution is 0.0682. The summed E-state index contributed by atoms with van der Waals surface area (Å²) in [5, 5.41) is 8.92. The molecule has 0 fully saturated rings. The number of carbonyl (C=O) groups is 1. The van der Waals surface area contributed by atoms with E-state index in [0.29, 0.717) is 5.69 Å². The smallest absolute Gasteiger partial charge is 0.339 e. The molecule has 0 saturated heterocycles. The van der Waals surface area contributed by atoms with Crippen LogP contribution in [0.15, 0.2) is 12.3 Å². The summed E-state index contributed by atoms with van der Waals surface area (Å²) in [7, 11) is 1.49. The Kier molecular flexibility index (Phi) is 3.03. The highest BCUT2D eigenvalue weighted by Crippen LogP contribution is 2.22. The van der Waals surface area contributed by atoms with Gasteiger partial charge in [0.05, 0.1) is 11.8 Å². The zero-order valence-electron chi connectivity index (χ0n) is 8.02. The fourth-order valence-electron chi connectivity index (χ4n) is 1.15. The van der Waals surface area contributed by atoms with Crippen LogP contribution in [-0.4, -0.2) is 23.2 Å². The second-order valence-corrected chi connectivity index (χ2v) is 2.84. The predicted molar refractivity (Wildman–Crippen MR) is 51.0 cm³/mol. The van der Waals surface area contributed by atoms with Gasteiger partial charge in [0.1, 0.15) is 5.56 Å². The standard InChI is InChI=1S/C9H12N2O3/c1-5(14-2)8-7(9(12)13)6(10)3-4-11-8/h3-5H,1-2H3,(H2,10,11)(H,12,13). The summed E-state index contributed by atoms with van der Waals surface area (Å²) in [6, 6.07) is 1.45. The van der Waals surface area contributed by atoms with Gasteiger partial charge >= 0.3 is 5.97 Å². The van der Waals surface area contributed by atoms with Crippen molar-refractivity contribution in [2.75, 3.05) is 12.8 Å². The average molecular weight is 196 g/mol. The van der Waals surface area contributed by atoms with Gasteiger partial charge in [-0.2, -0.15) is 0 Å². The van der Waals surface area contributed by atoms with Crippen molar-refractivity contribution in [2.24, 2.45) is 0 Å². The minimum Gasteiger partial charge on any atom is -0.478 e. The monoisotopic (exact) mass is 196 g/mol. The van der Waals surface area contributed by atoms with Gasteiger partial charge < -0.3 is 15.6 Å². The minimum absolute atomic E-state index is 0.0156. The van der Waals surface area contributed by atoms with Crippen LogP contribution in [0, 0.1) is 0 Å². The fraction of sp³-hybridized carbons (Fsp3) is 0.333. The Labute approximate surface area is 81.5 Å². The Balaban J connectivity index is 3.28. The van der Waals surface area contributed by atoms with Crippen LogP contribution in [0.5, 0.6) is 0 Å². The Bertz CT molecular complexity index is 352. The highest BCUT2D eigenvalue weighted by atomic mass is 16.5. The molecule has 1 aromatic heterocycles. The third-order valence-corrected chi connectivity index (χ3v) is 1.97. The zero-order chi connectivity index (χ0) is 10.7. The molecule has 0 aliphatic rings. The number of carboxylic acid groups (broad SMARTS) is 1. The van der Waals surface area contributed by atoms with Gasteiger partial charge in [0.15, 0.2) is 0 Å². The van der Waals surface area contributed by atoms with Crippen molar-refractivity contribution < 1.29 is 14.6 Å². The highest BCUT2D eigenvalue weighted by molar-refractivity contribution is 5.94. The van der Waals surface area contributed by atoms with Crippen LogP contribution in [0.1, 0.15) is 29.1 Å². The minimum atomic E-state index is -1.09. The van der Waals surface area contributed by atoms with E-state index in [4.69, 9.17) is 15.6 Å². The summed E-state index contributed by atoms with van der Waals surface area (Å²) < 4.78 is 5.00. The number of hydrogen-bond acceptors (Lipinski definition) is 4. The highest BCUT2D eigenvalue weighted by Gasteiger charge is 2.19. The lowest BCUT2D eigenvalue weighted by Crippen LogP contribution is -2.12. The van der Waals surface area contributed by atoms with Crippen molar-refractivity contribution in [3.05, 3.63) is 23.5 Å². The van der Waals surface area contributed by atoms with Crippen LogP contribution in [-0.2, 0) is 4.74 Å². The number of ether oxygens (including phenoxy) is 1. The van der Waals surface area contributed by atoms with Crippen molar-refractivity contribution in [3.8, 4) is 0 Å². The Morgan fingerprint density at radius 3 is 2.86 bits per heavy atom. The van der Waals surface area contributed by atoms with Gasteiger partial charge in [0.2, 0.25) is 0 Å². The molecule has 1 aromatic rings. The third-order valence-electron chi connectivity index (χ3n) is 1.97. The molecule has 0 saturated carbocycles. The second kappa shape index (κ2) is 4.06. The van der Waals surface area contributed by atoms with E-state index in [2.05, 4.69) is 4.98 Å². The second-order valence-electron chi connectivity index (χ2n) is 2.84. The molecule has 0 aliphatic heterocycles. The molecule has 1 heterocycles. The van der Waals surface area contributed by atoms with E-state index in [1.807, 2.05) is 0 Å². The van der Waals surface area contributed by atoms with Gasteiger partial charge in [-0.05, 0) is 13.0 Å². The van der Waals surface area contributed by atoms with Crippen LogP contribution >= 0.6 is 0 Å². The molecule has 1 unspecified atom stereocenters. The topological polar surface area (TPSA) is 85.4 Å². The first kappa shape index (κ1) is 10.5. The first-order chi connectivity index (χ1) is 6.57. The number of carboxylic acids is 1. The van der Waals surface area contributed by atoms with Crippen LogP contribution in [0.4, 0.5) is 5.69 Å². The number of hydrogen-bond donors (Lipinski definition) is 2. The van der Waals surface area contributed by atoms with E-state index in [1.54, 1.807) is 6.92 Å². The summed E-state index contributed by atoms with van der Waals surface area (Å²) in [6.45, 7) is 1.72. The predicted octanol–water partition coefficient (Wildman–Crippen LogP) is 1.07. The van der Waals surface area contributed by atoms with Crippen LogP contribution < -0.4 is 5.73 Å². The Hall–Kier alpha value is -1.62. The summed E-state index contributed by atoms with van der Waals surface area (Å²) in [5.74, 6) is -1.09. The number of pyridine rings is 1. The van der Waals surface area contributed by atoms with Crippen LogP contribution in [0.25, 0.3) is 0 Å². The molecule has 0 amide bonds. The maximum absolute atomic E-state index is 10.9. The number of aromatic nitrogens is 1. The van der Waals surface area contributed by atoms with E-state index in [1.165, 1.54) is 19.4 Å². The summed E-state index contributed by atoms with van der Waals surface area (Å²) >= 11 is 0. The maximum atomic E-state index is 10.9. The number of rotatable bonds is 3. The van der Waals surface area contributed by atoms with Crippen molar-refractivity contribution in [1.29, 1.82) is 0 Å². The van der Waals surface area contributed by atoms with Crippen LogP contribution in [0.3, 0.4) is 0 Å². The molecule has 5 nitrogen and oxygen atoms in total. The van der Waals surface area contributed by atoms with Gasteiger partial charge in [-0.15, -0.1) is 0 Å². The molecular weight excluding hydrogens is 184 g/mol. The first-order valence-corrected chi connectivity index (χ1v) is 4.08. The molecule has 0 spiro atoms. The summed E-state index contributed by atoms with van der Waals surface area (Å²) in [5.41, 5.74) is 6.10. The van der Waals surface area contributed by atoms with Gasteiger partial charge in [-0.1, -0.05) is 0 Å². The van der Waals surface area contributed by atoms with Gasteiger partial charge in [0.25, 0.3) is 0 Å². The van der Waals surface area contributed by atoms with Crippen molar-refractivity contribution >= 4 is 11.7 Å². The third kappa shape index (κ3) is 1.82. The molecule has 1 rings (SSSR count). The van der Waals surface area contributed by atoms with Crippen molar-refractivity contribution in [2.45, 2.75) is 13.0 Å². The number of nitrogens with two attached hydrogens (primary N) is 1. The van der Waals surface area contributed by atoms with Gasteiger partial charge in [0, 0.05) is 19.0 Å². The Morgan fingerprint density at radius 1 is 1.71 bits per heavy atom. The largest absolute Gasteiger partial charge is 0.478 e. The first-order valence-electron chi connectivity index (χ1n) is 4.08. The molecule has 0 radical (unpaired) electrons. The summed E-state index contributed by atoms with van der Waals surface area (Å²) in [4.78, 5) is 14.8. The molecule has 0 aliphatic carbocycles. The van der Waals surface area contributed by atoms with Gasteiger partial charge in [-0.25, -0.2) is 4.79 Å². The fourth-order valence-corrected chi connectivity index (χ4v) is 1.15. The van der Waals surface area contributed by atoms with Gasteiger partial charge in [-0.3, -0.25) is 4.98 Å². The van der Waals surface area contributed by atoms with E-state index >= 15 is 0 Å². The van der Waals surface area contributed by atoms with E-state index in [-0.39, 0.29) is 17.4 Å². The Morgan fingerprint density at radius 2 is 2.36 bits per heavy atom. The lowest BCUT2D eigenvalue weighted by Gasteiger charge is -2.12. The summed E-state index contributed by atoms with van der Waals surface area (Å²) in [6.07, 6.45) is 1.08. The number of nitrogens with zero attached hydrogens (tertiary/aromatic N) is 1. The number of aromatic carboxylic acids is 1. The molecule has 0 aromatic carbocycles.